The van der Waals surface area contributed by atoms with E-state index in [1.807, 2.05) is 31.2 Å². The molecule has 2 aromatic rings. The van der Waals surface area contributed by atoms with Crippen molar-refractivity contribution in [1.82, 2.24) is 5.32 Å². The number of benzene rings is 2. The fourth-order valence-corrected chi connectivity index (χ4v) is 2.84. The summed E-state index contributed by atoms with van der Waals surface area (Å²) in [5, 5.41) is 7.14. The first-order valence-electron chi connectivity index (χ1n) is 8.52. The lowest BCUT2D eigenvalue weighted by molar-refractivity contribution is 0.342. The molecule has 2 rings (SSSR count). The summed E-state index contributed by atoms with van der Waals surface area (Å²) in [6.45, 7) is 6.90. The van der Waals surface area contributed by atoms with Gasteiger partial charge in [0.2, 0.25) is 0 Å². The second-order valence-electron chi connectivity index (χ2n) is 5.74. The Morgan fingerprint density at radius 3 is 2.46 bits per heavy atom. The predicted octanol–water partition coefficient (Wildman–Crippen LogP) is 5.09. The van der Waals surface area contributed by atoms with E-state index in [1.54, 1.807) is 0 Å². The highest BCUT2D eigenvalue weighted by molar-refractivity contribution is 7.80. The van der Waals surface area contributed by atoms with Crippen molar-refractivity contribution in [2.75, 3.05) is 11.9 Å². The first-order valence-corrected chi connectivity index (χ1v) is 8.93. The van der Waals surface area contributed by atoms with Crippen molar-refractivity contribution < 1.29 is 4.74 Å². The van der Waals surface area contributed by atoms with Crippen LogP contribution >= 0.6 is 12.2 Å². The van der Waals surface area contributed by atoms with Crippen molar-refractivity contribution >= 4 is 23.0 Å². The number of para-hydroxylation sites is 2. The van der Waals surface area contributed by atoms with Crippen LogP contribution in [0.3, 0.4) is 0 Å². The van der Waals surface area contributed by atoms with Crippen LogP contribution in [0.4, 0.5) is 5.69 Å². The molecule has 4 heteroatoms. The highest BCUT2D eigenvalue weighted by Crippen LogP contribution is 2.24. The summed E-state index contributed by atoms with van der Waals surface area (Å²) in [5.74, 6) is 0.806. The van der Waals surface area contributed by atoms with Gasteiger partial charge < -0.3 is 15.4 Å². The molecule has 0 aliphatic carbocycles. The third kappa shape index (κ3) is 5.24. The molecule has 0 saturated carbocycles. The quantitative estimate of drug-likeness (QED) is 0.687. The first-order chi connectivity index (χ1) is 11.6. The van der Waals surface area contributed by atoms with Gasteiger partial charge in [-0.1, -0.05) is 49.7 Å². The van der Waals surface area contributed by atoms with Crippen LogP contribution in [0.15, 0.2) is 48.5 Å². The summed E-state index contributed by atoms with van der Waals surface area (Å²) in [7, 11) is 0. The molecule has 0 aliphatic heterocycles. The minimum atomic E-state index is 0.139. The molecule has 3 nitrogen and oxygen atoms in total. The molecule has 0 fully saturated rings. The molecule has 1 unspecified atom stereocenters. The van der Waals surface area contributed by atoms with Gasteiger partial charge in [0.15, 0.2) is 5.11 Å². The molecule has 0 heterocycles. The number of ether oxygens (including phenoxy) is 1. The normalized spacial score (nSPS) is 11.6. The Labute approximate surface area is 150 Å². The second kappa shape index (κ2) is 9.28. The number of aryl methyl sites for hydroxylation is 1. The van der Waals surface area contributed by atoms with Crippen molar-refractivity contribution in [3.63, 3.8) is 0 Å². The zero-order valence-corrected chi connectivity index (χ0v) is 15.5. The Balaban J connectivity index is 1.96. The average molecular weight is 343 g/mol. The van der Waals surface area contributed by atoms with Crippen molar-refractivity contribution in [2.24, 2.45) is 0 Å². The van der Waals surface area contributed by atoms with Crippen LogP contribution in [0.2, 0.25) is 0 Å². The zero-order valence-electron chi connectivity index (χ0n) is 14.6. The maximum atomic E-state index is 5.61. The molecular weight excluding hydrogens is 316 g/mol. The SMILES string of the molecule is CCCc1ccc(C(C)NC(=S)Nc2ccccc2OCC)cc1. The molecule has 2 aromatic carbocycles. The van der Waals surface area contributed by atoms with E-state index in [9.17, 15) is 0 Å². The smallest absolute Gasteiger partial charge is 0.171 e. The maximum absolute atomic E-state index is 5.61. The van der Waals surface area contributed by atoms with E-state index < -0.39 is 0 Å². The molecule has 1 atom stereocenters. The highest BCUT2D eigenvalue weighted by Gasteiger charge is 2.09. The van der Waals surface area contributed by atoms with Gasteiger partial charge in [-0.2, -0.15) is 0 Å². The van der Waals surface area contributed by atoms with Gasteiger partial charge in [0.05, 0.1) is 18.3 Å². The summed E-state index contributed by atoms with van der Waals surface area (Å²) in [5.41, 5.74) is 3.47. The summed E-state index contributed by atoms with van der Waals surface area (Å²) in [4.78, 5) is 0. The van der Waals surface area contributed by atoms with Crippen molar-refractivity contribution in [3.05, 3.63) is 59.7 Å². The van der Waals surface area contributed by atoms with Crippen LogP contribution in [-0.2, 0) is 6.42 Å². The molecule has 2 N–H and O–H groups in total. The largest absolute Gasteiger partial charge is 0.492 e. The second-order valence-corrected chi connectivity index (χ2v) is 6.15. The van der Waals surface area contributed by atoms with Gasteiger partial charge in [-0.15, -0.1) is 0 Å². The van der Waals surface area contributed by atoms with Gasteiger partial charge in [0.25, 0.3) is 0 Å². The van der Waals surface area contributed by atoms with Crippen LogP contribution in [-0.4, -0.2) is 11.7 Å². The van der Waals surface area contributed by atoms with E-state index >= 15 is 0 Å². The zero-order chi connectivity index (χ0) is 17.4. The Bertz CT molecular complexity index is 655. The molecule has 128 valence electrons. The summed E-state index contributed by atoms with van der Waals surface area (Å²) < 4.78 is 5.61. The molecule has 0 radical (unpaired) electrons. The fraction of sp³-hybridized carbons (Fsp3) is 0.350. The summed E-state index contributed by atoms with van der Waals surface area (Å²) in [6, 6.07) is 16.7. The van der Waals surface area contributed by atoms with Crippen LogP contribution in [0.1, 0.15) is 44.4 Å². The summed E-state index contributed by atoms with van der Waals surface area (Å²) in [6.07, 6.45) is 2.29. The van der Waals surface area contributed by atoms with Crippen LogP contribution in [0.25, 0.3) is 0 Å². The van der Waals surface area contributed by atoms with E-state index in [4.69, 9.17) is 17.0 Å². The van der Waals surface area contributed by atoms with Gasteiger partial charge in [0.1, 0.15) is 5.75 Å². The van der Waals surface area contributed by atoms with E-state index in [2.05, 4.69) is 48.7 Å². The van der Waals surface area contributed by atoms with E-state index in [1.165, 1.54) is 17.5 Å². The van der Waals surface area contributed by atoms with E-state index in [0.717, 1.165) is 17.9 Å². The lowest BCUT2D eigenvalue weighted by Crippen LogP contribution is -2.31. The summed E-state index contributed by atoms with van der Waals surface area (Å²) >= 11 is 5.45. The molecule has 0 aromatic heterocycles. The van der Waals surface area contributed by atoms with Gasteiger partial charge >= 0.3 is 0 Å². The van der Waals surface area contributed by atoms with Gasteiger partial charge in [0, 0.05) is 0 Å². The number of hydrogen-bond acceptors (Lipinski definition) is 2. The van der Waals surface area contributed by atoms with Crippen LogP contribution in [0, 0.1) is 0 Å². The third-order valence-electron chi connectivity index (χ3n) is 3.80. The van der Waals surface area contributed by atoms with E-state index in [-0.39, 0.29) is 6.04 Å². The highest BCUT2D eigenvalue weighted by atomic mass is 32.1. The van der Waals surface area contributed by atoms with Gasteiger partial charge in [-0.05, 0) is 55.7 Å². The number of thiocarbonyl (C=S) groups is 1. The predicted molar refractivity (Wildman–Crippen MR) is 106 cm³/mol. The van der Waals surface area contributed by atoms with Crippen LogP contribution < -0.4 is 15.4 Å². The fourth-order valence-electron chi connectivity index (χ4n) is 2.55. The minimum Gasteiger partial charge on any atom is -0.492 e. The lowest BCUT2D eigenvalue weighted by atomic mass is 10.0. The standard InChI is InChI=1S/C20H26N2OS/c1-4-8-16-11-13-17(14-12-16)15(3)21-20(24)22-18-9-6-7-10-19(18)23-5-2/h6-7,9-15H,4-5,8H2,1-3H3,(H2,21,22,24). The number of rotatable bonds is 7. The van der Waals surface area contributed by atoms with Crippen molar-refractivity contribution in [3.8, 4) is 5.75 Å². The molecule has 0 bridgehead atoms. The van der Waals surface area contributed by atoms with Crippen molar-refractivity contribution in [2.45, 2.75) is 39.7 Å². The Morgan fingerprint density at radius 2 is 1.79 bits per heavy atom. The first kappa shape index (κ1) is 18.3. The maximum Gasteiger partial charge on any atom is 0.171 e. The number of nitrogens with one attached hydrogen (secondary N) is 2. The monoisotopic (exact) mass is 342 g/mol. The van der Waals surface area contributed by atoms with Gasteiger partial charge in [-0.3, -0.25) is 0 Å². The number of anilines is 1. The molecule has 24 heavy (non-hydrogen) atoms. The lowest BCUT2D eigenvalue weighted by Gasteiger charge is -2.19. The Hall–Kier alpha value is -2.07. The molecule has 0 aliphatic rings. The van der Waals surface area contributed by atoms with Crippen molar-refractivity contribution in [1.29, 1.82) is 0 Å². The van der Waals surface area contributed by atoms with Crippen LogP contribution in [0.5, 0.6) is 5.75 Å². The molecular formula is C20H26N2OS. The van der Waals surface area contributed by atoms with E-state index in [0.29, 0.717) is 11.7 Å². The Morgan fingerprint density at radius 1 is 1.08 bits per heavy atom. The number of hydrogen-bond donors (Lipinski definition) is 2. The molecule has 0 spiro atoms. The third-order valence-corrected chi connectivity index (χ3v) is 4.02. The molecule has 0 saturated heterocycles. The topological polar surface area (TPSA) is 33.3 Å². The molecule has 0 amide bonds. The Kier molecular flexibility index (Phi) is 7.07. The minimum absolute atomic E-state index is 0.139. The average Bonchev–Trinajstić information content (AvgIpc) is 2.58. The van der Waals surface area contributed by atoms with Gasteiger partial charge in [-0.25, -0.2) is 0 Å².